The molecule has 0 aromatic carbocycles. The lowest BCUT2D eigenvalue weighted by atomic mass is 10.2. The standard InChI is InChI=1S/C9H11N3O2/c1-3-4-10-9-5-8(12(13)14)7(2)6-11-9/h3,5-6H,1,4H2,2H3,(H,10,11). The van der Waals surface area contributed by atoms with Crippen LogP contribution in [0.3, 0.4) is 0 Å². The first-order valence-electron chi connectivity index (χ1n) is 4.11. The highest BCUT2D eigenvalue weighted by molar-refractivity contribution is 5.49. The summed E-state index contributed by atoms with van der Waals surface area (Å²) < 4.78 is 0. The van der Waals surface area contributed by atoms with Crippen LogP contribution in [-0.4, -0.2) is 16.5 Å². The van der Waals surface area contributed by atoms with E-state index in [0.29, 0.717) is 17.9 Å². The number of aromatic nitrogens is 1. The van der Waals surface area contributed by atoms with Gasteiger partial charge in [-0.15, -0.1) is 6.58 Å². The van der Waals surface area contributed by atoms with Gasteiger partial charge < -0.3 is 5.32 Å². The number of nitrogens with zero attached hydrogens (tertiary/aromatic N) is 2. The van der Waals surface area contributed by atoms with Crippen molar-refractivity contribution in [2.45, 2.75) is 6.92 Å². The van der Waals surface area contributed by atoms with Gasteiger partial charge in [-0.25, -0.2) is 4.98 Å². The average molecular weight is 193 g/mol. The lowest BCUT2D eigenvalue weighted by molar-refractivity contribution is -0.385. The van der Waals surface area contributed by atoms with Crippen LogP contribution in [0.2, 0.25) is 0 Å². The fourth-order valence-corrected chi connectivity index (χ4v) is 0.983. The second-order valence-corrected chi connectivity index (χ2v) is 2.78. The molecule has 0 amide bonds. The summed E-state index contributed by atoms with van der Waals surface area (Å²) >= 11 is 0. The van der Waals surface area contributed by atoms with Crippen molar-refractivity contribution >= 4 is 11.5 Å². The molecular formula is C9H11N3O2. The van der Waals surface area contributed by atoms with Crippen molar-refractivity contribution in [1.82, 2.24) is 4.98 Å². The number of rotatable bonds is 4. The smallest absolute Gasteiger partial charge is 0.277 e. The SMILES string of the molecule is C=CCNc1cc([N+](=O)[O-])c(C)cn1. The van der Waals surface area contributed by atoms with Crippen LogP contribution in [0.1, 0.15) is 5.56 Å². The summed E-state index contributed by atoms with van der Waals surface area (Å²) in [5, 5.41) is 13.5. The average Bonchev–Trinajstić information content (AvgIpc) is 2.16. The highest BCUT2D eigenvalue weighted by Gasteiger charge is 2.11. The molecule has 0 bridgehead atoms. The fraction of sp³-hybridized carbons (Fsp3) is 0.222. The van der Waals surface area contributed by atoms with Crippen molar-refractivity contribution in [3.63, 3.8) is 0 Å². The zero-order chi connectivity index (χ0) is 10.6. The molecule has 0 aliphatic heterocycles. The van der Waals surface area contributed by atoms with E-state index in [1.54, 1.807) is 13.0 Å². The van der Waals surface area contributed by atoms with Crippen molar-refractivity contribution in [2.24, 2.45) is 0 Å². The molecule has 14 heavy (non-hydrogen) atoms. The van der Waals surface area contributed by atoms with E-state index in [-0.39, 0.29) is 5.69 Å². The summed E-state index contributed by atoms with van der Waals surface area (Å²) in [5.74, 6) is 0.488. The van der Waals surface area contributed by atoms with Crippen molar-refractivity contribution in [1.29, 1.82) is 0 Å². The zero-order valence-corrected chi connectivity index (χ0v) is 7.86. The number of nitrogens with one attached hydrogen (secondary N) is 1. The van der Waals surface area contributed by atoms with Gasteiger partial charge in [-0.1, -0.05) is 6.08 Å². The molecule has 1 N–H and O–H groups in total. The summed E-state index contributed by atoms with van der Waals surface area (Å²) in [4.78, 5) is 14.2. The Bertz CT molecular complexity index is 363. The zero-order valence-electron chi connectivity index (χ0n) is 7.86. The van der Waals surface area contributed by atoms with Crippen LogP contribution >= 0.6 is 0 Å². The van der Waals surface area contributed by atoms with Crippen molar-refractivity contribution in [3.8, 4) is 0 Å². The van der Waals surface area contributed by atoms with E-state index < -0.39 is 4.92 Å². The molecule has 1 aromatic heterocycles. The Morgan fingerprint density at radius 3 is 3.07 bits per heavy atom. The van der Waals surface area contributed by atoms with Crippen molar-refractivity contribution < 1.29 is 4.92 Å². The summed E-state index contributed by atoms with van der Waals surface area (Å²) in [7, 11) is 0. The van der Waals surface area contributed by atoms with E-state index in [1.165, 1.54) is 12.3 Å². The number of pyridine rings is 1. The van der Waals surface area contributed by atoms with Gasteiger partial charge in [0.1, 0.15) is 5.82 Å². The predicted molar refractivity (Wildman–Crippen MR) is 54.3 cm³/mol. The summed E-state index contributed by atoms with van der Waals surface area (Å²) in [6.07, 6.45) is 3.14. The Hall–Kier alpha value is -1.91. The van der Waals surface area contributed by atoms with Gasteiger partial charge >= 0.3 is 0 Å². The van der Waals surface area contributed by atoms with Gasteiger partial charge in [-0.2, -0.15) is 0 Å². The second-order valence-electron chi connectivity index (χ2n) is 2.78. The third-order valence-electron chi connectivity index (χ3n) is 1.70. The third-order valence-corrected chi connectivity index (χ3v) is 1.70. The normalized spacial score (nSPS) is 9.50. The molecule has 0 spiro atoms. The summed E-state index contributed by atoms with van der Waals surface area (Å²) in [6.45, 7) is 5.72. The predicted octanol–water partition coefficient (Wildman–Crippen LogP) is 1.90. The van der Waals surface area contributed by atoms with Crippen LogP contribution in [0.4, 0.5) is 11.5 Å². The second kappa shape index (κ2) is 4.36. The largest absolute Gasteiger partial charge is 0.366 e. The maximum Gasteiger partial charge on any atom is 0.277 e. The minimum atomic E-state index is -0.421. The van der Waals surface area contributed by atoms with Crippen LogP contribution in [0, 0.1) is 17.0 Å². The topological polar surface area (TPSA) is 68.1 Å². The van der Waals surface area contributed by atoms with Gasteiger partial charge in [-0.3, -0.25) is 10.1 Å². The number of hydrogen-bond donors (Lipinski definition) is 1. The Balaban J connectivity index is 2.94. The lowest BCUT2D eigenvalue weighted by Crippen LogP contribution is -2.02. The Morgan fingerprint density at radius 1 is 1.79 bits per heavy atom. The molecule has 0 unspecified atom stereocenters. The lowest BCUT2D eigenvalue weighted by Gasteiger charge is -2.02. The molecule has 0 aliphatic carbocycles. The van der Waals surface area contributed by atoms with Gasteiger partial charge in [0, 0.05) is 18.3 Å². The minimum absolute atomic E-state index is 0.0755. The van der Waals surface area contributed by atoms with E-state index in [0.717, 1.165) is 0 Å². The van der Waals surface area contributed by atoms with Gasteiger partial charge in [-0.05, 0) is 6.92 Å². The first kappa shape index (κ1) is 10.2. The molecular weight excluding hydrogens is 182 g/mol. The summed E-state index contributed by atoms with van der Waals surface area (Å²) in [6, 6.07) is 1.42. The molecule has 0 atom stereocenters. The highest BCUT2D eigenvalue weighted by atomic mass is 16.6. The molecule has 1 aromatic rings. The van der Waals surface area contributed by atoms with E-state index in [4.69, 9.17) is 0 Å². The maximum atomic E-state index is 10.6. The molecule has 5 nitrogen and oxygen atoms in total. The summed E-state index contributed by atoms with van der Waals surface area (Å²) in [5.41, 5.74) is 0.630. The Kier molecular flexibility index (Phi) is 3.17. The van der Waals surface area contributed by atoms with Gasteiger partial charge in [0.05, 0.1) is 11.0 Å². The monoisotopic (exact) mass is 193 g/mol. The Morgan fingerprint density at radius 2 is 2.50 bits per heavy atom. The molecule has 0 fully saturated rings. The van der Waals surface area contributed by atoms with Crippen molar-refractivity contribution in [2.75, 3.05) is 11.9 Å². The van der Waals surface area contributed by atoms with Crippen LogP contribution in [0.15, 0.2) is 24.9 Å². The van der Waals surface area contributed by atoms with Crippen LogP contribution in [0.25, 0.3) is 0 Å². The Labute approximate surface area is 81.6 Å². The first-order chi connectivity index (χ1) is 6.65. The molecule has 0 saturated carbocycles. The quantitative estimate of drug-likeness (QED) is 0.450. The van der Waals surface area contributed by atoms with Gasteiger partial charge in [0.15, 0.2) is 0 Å². The molecule has 0 saturated heterocycles. The fourth-order valence-electron chi connectivity index (χ4n) is 0.983. The van der Waals surface area contributed by atoms with E-state index in [1.807, 2.05) is 0 Å². The van der Waals surface area contributed by atoms with Crippen LogP contribution in [-0.2, 0) is 0 Å². The highest BCUT2D eigenvalue weighted by Crippen LogP contribution is 2.19. The van der Waals surface area contributed by atoms with E-state index in [2.05, 4.69) is 16.9 Å². The molecule has 0 radical (unpaired) electrons. The van der Waals surface area contributed by atoms with Crippen molar-refractivity contribution in [3.05, 3.63) is 40.6 Å². The maximum absolute atomic E-state index is 10.6. The number of hydrogen-bond acceptors (Lipinski definition) is 4. The van der Waals surface area contributed by atoms with Gasteiger partial charge in [0.2, 0.25) is 0 Å². The third kappa shape index (κ3) is 2.29. The number of aryl methyl sites for hydroxylation is 1. The van der Waals surface area contributed by atoms with E-state index >= 15 is 0 Å². The first-order valence-corrected chi connectivity index (χ1v) is 4.11. The number of nitro groups is 1. The number of anilines is 1. The minimum Gasteiger partial charge on any atom is -0.366 e. The van der Waals surface area contributed by atoms with Crippen LogP contribution < -0.4 is 5.32 Å². The van der Waals surface area contributed by atoms with Crippen LogP contribution in [0.5, 0.6) is 0 Å². The molecule has 5 heteroatoms. The van der Waals surface area contributed by atoms with E-state index in [9.17, 15) is 10.1 Å². The molecule has 1 heterocycles. The molecule has 1 rings (SSSR count). The van der Waals surface area contributed by atoms with Gasteiger partial charge in [0.25, 0.3) is 5.69 Å². The molecule has 0 aliphatic rings. The molecule has 74 valence electrons.